The van der Waals surface area contributed by atoms with Gasteiger partial charge >= 0.3 is 0 Å². The fourth-order valence-corrected chi connectivity index (χ4v) is 3.18. The molecule has 0 saturated carbocycles. The van der Waals surface area contributed by atoms with Crippen molar-refractivity contribution in [2.24, 2.45) is 0 Å². The van der Waals surface area contributed by atoms with Crippen LogP contribution in [0, 0.1) is 0 Å². The number of piperidine rings is 1. The van der Waals surface area contributed by atoms with E-state index in [2.05, 4.69) is 21.9 Å². The number of hydrogen-bond donors (Lipinski definition) is 0. The number of benzene rings is 1. The Hall–Kier alpha value is -2.82. The number of rotatable bonds is 3. The van der Waals surface area contributed by atoms with Crippen molar-refractivity contribution in [2.75, 3.05) is 13.1 Å². The van der Waals surface area contributed by atoms with E-state index in [0.29, 0.717) is 11.9 Å². The highest BCUT2D eigenvalue weighted by molar-refractivity contribution is 5.91. The lowest BCUT2D eigenvalue weighted by molar-refractivity contribution is -0.127. The molecule has 3 aromatic rings. The van der Waals surface area contributed by atoms with E-state index in [-0.39, 0.29) is 5.91 Å². The zero-order valence-electron chi connectivity index (χ0n) is 13.3. The molecule has 1 fully saturated rings. The summed E-state index contributed by atoms with van der Waals surface area (Å²) in [6.45, 7) is 1.55. The quantitative estimate of drug-likeness (QED) is 0.694. The minimum Gasteiger partial charge on any atom is -0.437 e. The molecule has 0 unspecified atom stereocenters. The first-order chi connectivity index (χ1) is 11.8. The monoisotopic (exact) mass is 321 g/mol. The lowest BCUT2D eigenvalue weighted by Gasteiger charge is -2.32. The van der Waals surface area contributed by atoms with Crippen molar-refractivity contribution in [2.45, 2.75) is 18.9 Å². The van der Waals surface area contributed by atoms with E-state index in [0.717, 1.165) is 37.0 Å². The van der Waals surface area contributed by atoms with E-state index in [1.165, 1.54) is 0 Å². The number of para-hydroxylation sites is 2. The summed E-state index contributed by atoms with van der Waals surface area (Å²) in [6.07, 6.45) is 9.36. The Morgan fingerprint density at radius 1 is 1.12 bits per heavy atom. The van der Waals surface area contributed by atoms with Crippen LogP contribution >= 0.6 is 0 Å². The molecule has 24 heavy (non-hydrogen) atoms. The van der Waals surface area contributed by atoms with Crippen LogP contribution in [0.1, 0.15) is 24.8 Å². The average molecular weight is 321 g/mol. The highest BCUT2D eigenvalue weighted by atomic mass is 16.3. The second-order valence-corrected chi connectivity index (χ2v) is 6.04. The average Bonchev–Trinajstić information content (AvgIpc) is 3.29. The van der Waals surface area contributed by atoms with Crippen LogP contribution in [0.5, 0.6) is 0 Å². The van der Waals surface area contributed by atoms with Crippen LogP contribution in [0.15, 0.2) is 59.3 Å². The van der Waals surface area contributed by atoms with Gasteiger partial charge in [-0.2, -0.15) is 0 Å². The Labute approximate surface area is 140 Å². The predicted octanol–water partition coefficient (Wildman–Crippen LogP) is 3.51. The second kappa shape index (κ2) is 6.35. The van der Waals surface area contributed by atoms with Crippen LogP contribution in [0.25, 0.3) is 17.2 Å². The normalized spacial score (nSPS) is 16.2. The van der Waals surface area contributed by atoms with E-state index >= 15 is 0 Å². The molecular weight excluding hydrogens is 302 g/mol. The topological polar surface area (TPSA) is 51.3 Å². The Morgan fingerprint density at radius 3 is 2.62 bits per heavy atom. The van der Waals surface area contributed by atoms with Crippen LogP contribution in [0.3, 0.4) is 0 Å². The van der Waals surface area contributed by atoms with E-state index in [1.807, 2.05) is 41.3 Å². The van der Waals surface area contributed by atoms with Crippen LogP contribution in [0.2, 0.25) is 0 Å². The van der Waals surface area contributed by atoms with Gasteiger partial charge in [-0.1, -0.05) is 12.1 Å². The number of hydrogen-bond acceptors (Lipinski definition) is 3. The third-order valence-corrected chi connectivity index (χ3v) is 4.50. The largest absolute Gasteiger partial charge is 0.437 e. The maximum atomic E-state index is 12.3. The van der Waals surface area contributed by atoms with Crippen molar-refractivity contribution >= 4 is 23.1 Å². The third kappa shape index (κ3) is 2.97. The van der Waals surface area contributed by atoms with Gasteiger partial charge in [0.15, 0.2) is 5.58 Å². The standard InChI is InChI=1S/C19H19N3O2/c23-19(8-7-18-20-16-5-1-2-6-17(16)24-18)22-13-9-15(10-14-22)21-11-3-4-12-21/h1-8,11-12,15H,9-10,13-14H2/b8-7+. The summed E-state index contributed by atoms with van der Waals surface area (Å²) in [5.74, 6) is 0.481. The van der Waals surface area contributed by atoms with Crippen molar-refractivity contribution in [3.05, 3.63) is 60.8 Å². The Bertz CT molecular complexity index is 823. The van der Waals surface area contributed by atoms with Gasteiger partial charge in [0.25, 0.3) is 0 Å². The zero-order valence-corrected chi connectivity index (χ0v) is 13.3. The van der Waals surface area contributed by atoms with E-state index < -0.39 is 0 Å². The van der Waals surface area contributed by atoms with E-state index in [1.54, 1.807) is 12.2 Å². The van der Waals surface area contributed by atoms with Crippen molar-refractivity contribution < 1.29 is 9.21 Å². The van der Waals surface area contributed by atoms with Crippen LogP contribution < -0.4 is 0 Å². The summed E-state index contributed by atoms with van der Waals surface area (Å²) in [5, 5.41) is 0. The van der Waals surface area contributed by atoms with Crippen molar-refractivity contribution in [3.63, 3.8) is 0 Å². The van der Waals surface area contributed by atoms with Gasteiger partial charge in [0.2, 0.25) is 11.8 Å². The smallest absolute Gasteiger partial charge is 0.246 e. The predicted molar refractivity (Wildman–Crippen MR) is 92.3 cm³/mol. The molecule has 0 atom stereocenters. The molecule has 0 spiro atoms. The van der Waals surface area contributed by atoms with Gasteiger partial charge in [-0.05, 0) is 37.1 Å². The second-order valence-electron chi connectivity index (χ2n) is 6.04. The lowest BCUT2D eigenvalue weighted by Crippen LogP contribution is -2.37. The fourth-order valence-electron chi connectivity index (χ4n) is 3.18. The number of amides is 1. The SMILES string of the molecule is O=C(/C=C/c1nc2ccccc2o1)N1CCC(n2cccc2)CC1. The van der Waals surface area contributed by atoms with Gasteiger partial charge in [0, 0.05) is 43.7 Å². The van der Waals surface area contributed by atoms with Gasteiger partial charge in [-0.25, -0.2) is 4.98 Å². The summed E-state index contributed by atoms with van der Waals surface area (Å²) in [7, 11) is 0. The molecule has 1 saturated heterocycles. The molecule has 1 aromatic carbocycles. The Morgan fingerprint density at radius 2 is 1.88 bits per heavy atom. The minimum atomic E-state index is 0.0169. The van der Waals surface area contributed by atoms with Crippen LogP contribution in [-0.2, 0) is 4.79 Å². The summed E-state index contributed by atoms with van der Waals surface area (Å²) in [5.41, 5.74) is 1.54. The summed E-state index contributed by atoms with van der Waals surface area (Å²) >= 11 is 0. The molecule has 5 nitrogen and oxygen atoms in total. The molecule has 0 aliphatic carbocycles. The Balaban J connectivity index is 1.38. The molecule has 0 bridgehead atoms. The fraction of sp³-hybridized carbons (Fsp3) is 0.263. The number of carbonyl (C=O) groups is 1. The maximum Gasteiger partial charge on any atom is 0.246 e. The molecule has 2 aromatic heterocycles. The first-order valence-corrected chi connectivity index (χ1v) is 8.24. The number of oxazole rings is 1. The molecule has 4 rings (SSSR count). The van der Waals surface area contributed by atoms with Gasteiger partial charge in [0.1, 0.15) is 5.52 Å². The summed E-state index contributed by atoms with van der Waals surface area (Å²) < 4.78 is 7.83. The zero-order chi connectivity index (χ0) is 16.4. The summed E-state index contributed by atoms with van der Waals surface area (Å²) in [6, 6.07) is 12.2. The maximum absolute atomic E-state index is 12.3. The van der Waals surface area contributed by atoms with Gasteiger partial charge in [-0.15, -0.1) is 0 Å². The third-order valence-electron chi connectivity index (χ3n) is 4.50. The van der Waals surface area contributed by atoms with Gasteiger partial charge in [0.05, 0.1) is 0 Å². The number of nitrogens with zero attached hydrogens (tertiary/aromatic N) is 3. The molecular formula is C19H19N3O2. The molecule has 1 aliphatic rings. The van der Waals surface area contributed by atoms with Gasteiger partial charge in [-0.3, -0.25) is 4.79 Å². The Kier molecular flexibility index (Phi) is 3.91. The van der Waals surface area contributed by atoms with Gasteiger partial charge < -0.3 is 13.9 Å². The molecule has 1 amide bonds. The molecule has 0 radical (unpaired) electrons. The number of aromatic nitrogens is 2. The van der Waals surface area contributed by atoms with E-state index in [9.17, 15) is 4.79 Å². The highest BCUT2D eigenvalue weighted by Gasteiger charge is 2.22. The minimum absolute atomic E-state index is 0.0169. The number of likely N-dealkylation sites (tertiary alicyclic amines) is 1. The van der Waals surface area contributed by atoms with E-state index in [4.69, 9.17) is 4.42 Å². The molecule has 0 N–H and O–H groups in total. The van der Waals surface area contributed by atoms with Crippen LogP contribution in [0.4, 0.5) is 0 Å². The summed E-state index contributed by atoms with van der Waals surface area (Å²) in [4.78, 5) is 18.6. The number of carbonyl (C=O) groups excluding carboxylic acids is 1. The van der Waals surface area contributed by atoms with Crippen molar-refractivity contribution in [1.29, 1.82) is 0 Å². The van der Waals surface area contributed by atoms with Crippen molar-refractivity contribution in [1.82, 2.24) is 14.5 Å². The highest BCUT2D eigenvalue weighted by Crippen LogP contribution is 2.23. The van der Waals surface area contributed by atoms with Crippen molar-refractivity contribution in [3.8, 4) is 0 Å². The molecule has 5 heteroatoms. The molecule has 1 aliphatic heterocycles. The first-order valence-electron chi connectivity index (χ1n) is 8.24. The lowest BCUT2D eigenvalue weighted by atomic mass is 10.0. The molecule has 3 heterocycles. The first kappa shape index (κ1) is 14.8. The molecule has 122 valence electrons. The number of fused-ring (bicyclic) bond motifs is 1. The van der Waals surface area contributed by atoms with Crippen LogP contribution in [-0.4, -0.2) is 33.4 Å².